The highest BCUT2D eigenvalue weighted by Crippen LogP contribution is 2.27. The minimum Gasteiger partial charge on any atom is -0.497 e. The number of rotatable bonds is 12. The van der Waals surface area contributed by atoms with E-state index in [2.05, 4.69) is 5.32 Å². The topological polar surface area (TPSA) is 96.0 Å². The standard InChI is InChI=1S/C35H38FN3O5S/c1-35(2,3)37-34(41)32(23-26-11-7-5-8-12-26)38(24-27-13-9-6-10-14-27)33(40)25-39(29-17-15-28(36)16-18-29)45(42,43)31-21-19-30(44-4)20-22-31/h5-22,32H,23-25H2,1-4H3,(H,37,41)/t32-/m1/s1. The van der Waals surface area contributed by atoms with Crippen molar-refractivity contribution in [2.75, 3.05) is 18.0 Å². The molecule has 4 aromatic carbocycles. The number of sulfonamides is 1. The lowest BCUT2D eigenvalue weighted by Crippen LogP contribution is -2.56. The van der Waals surface area contributed by atoms with E-state index in [0.29, 0.717) is 5.75 Å². The molecule has 1 N–H and O–H groups in total. The lowest BCUT2D eigenvalue weighted by Gasteiger charge is -2.35. The molecule has 0 aliphatic rings. The van der Waals surface area contributed by atoms with Crippen molar-refractivity contribution in [2.24, 2.45) is 0 Å². The summed E-state index contributed by atoms with van der Waals surface area (Å²) in [7, 11) is -2.85. The maximum Gasteiger partial charge on any atom is 0.264 e. The third-order valence-electron chi connectivity index (χ3n) is 7.01. The zero-order valence-corrected chi connectivity index (χ0v) is 26.6. The monoisotopic (exact) mass is 631 g/mol. The third-order valence-corrected chi connectivity index (χ3v) is 8.79. The Hall–Kier alpha value is -4.70. The predicted octanol–water partition coefficient (Wildman–Crippen LogP) is 5.58. The van der Waals surface area contributed by atoms with Gasteiger partial charge in [-0.05, 0) is 80.4 Å². The van der Waals surface area contributed by atoms with Gasteiger partial charge in [-0.2, -0.15) is 0 Å². The number of nitrogens with one attached hydrogen (secondary N) is 1. The summed E-state index contributed by atoms with van der Waals surface area (Å²) in [5.74, 6) is -1.08. The molecule has 2 amide bonds. The second kappa shape index (κ2) is 14.4. The average molecular weight is 632 g/mol. The number of carbonyl (C=O) groups is 2. The molecular weight excluding hydrogens is 593 g/mol. The smallest absolute Gasteiger partial charge is 0.264 e. The summed E-state index contributed by atoms with van der Waals surface area (Å²) in [6.07, 6.45) is 0.198. The largest absolute Gasteiger partial charge is 0.497 e. The van der Waals surface area contributed by atoms with Crippen LogP contribution in [0.2, 0.25) is 0 Å². The Morgan fingerprint density at radius 3 is 1.91 bits per heavy atom. The first-order valence-corrected chi connectivity index (χ1v) is 15.9. The van der Waals surface area contributed by atoms with E-state index < -0.39 is 39.9 Å². The SMILES string of the molecule is COc1ccc(S(=O)(=O)N(CC(=O)N(Cc2ccccc2)[C@H](Cc2ccccc2)C(=O)NC(C)(C)C)c2ccc(F)cc2)cc1. The molecule has 0 spiro atoms. The highest BCUT2D eigenvalue weighted by Gasteiger charge is 2.35. The van der Waals surface area contributed by atoms with E-state index in [4.69, 9.17) is 4.74 Å². The van der Waals surface area contributed by atoms with Crippen LogP contribution in [0.4, 0.5) is 10.1 Å². The molecule has 0 heterocycles. The van der Waals surface area contributed by atoms with Gasteiger partial charge in [0.1, 0.15) is 24.2 Å². The summed E-state index contributed by atoms with van der Waals surface area (Å²) in [6, 6.07) is 28.2. The molecule has 236 valence electrons. The lowest BCUT2D eigenvalue weighted by atomic mass is 10.0. The van der Waals surface area contributed by atoms with Crippen LogP contribution in [0, 0.1) is 5.82 Å². The Morgan fingerprint density at radius 1 is 0.822 bits per heavy atom. The van der Waals surface area contributed by atoms with Gasteiger partial charge in [-0.3, -0.25) is 13.9 Å². The van der Waals surface area contributed by atoms with E-state index in [1.165, 1.54) is 48.4 Å². The van der Waals surface area contributed by atoms with Crippen molar-refractivity contribution < 1.29 is 27.1 Å². The van der Waals surface area contributed by atoms with Gasteiger partial charge in [-0.15, -0.1) is 0 Å². The van der Waals surface area contributed by atoms with Crippen molar-refractivity contribution >= 4 is 27.5 Å². The fourth-order valence-corrected chi connectivity index (χ4v) is 6.21. The Balaban J connectivity index is 1.80. The summed E-state index contributed by atoms with van der Waals surface area (Å²) >= 11 is 0. The molecule has 4 rings (SSSR count). The molecule has 0 aromatic heterocycles. The van der Waals surface area contributed by atoms with Crippen LogP contribution in [0.1, 0.15) is 31.9 Å². The second-order valence-electron chi connectivity index (χ2n) is 11.6. The van der Waals surface area contributed by atoms with Crippen LogP contribution in [0.15, 0.2) is 114 Å². The van der Waals surface area contributed by atoms with Crippen molar-refractivity contribution in [3.8, 4) is 5.75 Å². The zero-order chi connectivity index (χ0) is 32.6. The Bertz CT molecular complexity index is 1680. The van der Waals surface area contributed by atoms with Crippen LogP contribution in [0.25, 0.3) is 0 Å². The maximum absolute atomic E-state index is 14.4. The molecule has 8 nitrogen and oxygen atoms in total. The van der Waals surface area contributed by atoms with Crippen LogP contribution in [0.5, 0.6) is 5.75 Å². The highest BCUT2D eigenvalue weighted by atomic mass is 32.2. The van der Waals surface area contributed by atoms with Crippen molar-refractivity contribution in [1.29, 1.82) is 0 Å². The summed E-state index contributed by atoms with van der Waals surface area (Å²) < 4.78 is 48.2. The van der Waals surface area contributed by atoms with Crippen molar-refractivity contribution in [3.63, 3.8) is 0 Å². The molecule has 0 saturated carbocycles. The molecule has 0 fully saturated rings. The van der Waals surface area contributed by atoms with Crippen LogP contribution < -0.4 is 14.4 Å². The van der Waals surface area contributed by atoms with Crippen LogP contribution >= 0.6 is 0 Å². The number of ether oxygens (including phenoxy) is 1. The number of hydrogen-bond donors (Lipinski definition) is 1. The van der Waals surface area contributed by atoms with Gasteiger partial charge in [0.15, 0.2) is 0 Å². The molecule has 10 heteroatoms. The second-order valence-corrected chi connectivity index (χ2v) is 13.5. The quantitative estimate of drug-likeness (QED) is 0.220. The minimum atomic E-state index is -4.32. The van der Waals surface area contributed by atoms with Crippen LogP contribution in [-0.4, -0.2) is 50.4 Å². The lowest BCUT2D eigenvalue weighted by molar-refractivity contribution is -0.140. The predicted molar refractivity (Wildman–Crippen MR) is 173 cm³/mol. The number of hydrogen-bond acceptors (Lipinski definition) is 5. The first-order chi connectivity index (χ1) is 21.4. The number of anilines is 1. The van der Waals surface area contributed by atoms with E-state index in [9.17, 15) is 22.4 Å². The van der Waals surface area contributed by atoms with Gasteiger partial charge in [0.2, 0.25) is 11.8 Å². The molecule has 1 atom stereocenters. The van der Waals surface area contributed by atoms with E-state index in [1.807, 2.05) is 81.4 Å². The Kier molecular flexibility index (Phi) is 10.6. The molecule has 0 aliphatic heterocycles. The van der Waals surface area contributed by atoms with Gasteiger partial charge in [-0.1, -0.05) is 60.7 Å². The number of amides is 2. The number of carbonyl (C=O) groups excluding carboxylic acids is 2. The summed E-state index contributed by atoms with van der Waals surface area (Å²) in [4.78, 5) is 29.6. The Labute approximate surface area is 264 Å². The van der Waals surface area contributed by atoms with Crippen molar-refractivity contribution in [2.45, 2.75) is 50.2 Å². The highest BCUT2D eigenvalue weighted by molar-refractivity contribution is 7.92. The first kappa shape index (κ1) is 33.2. The molecule has 0 saturated heterocycles. The maximum atomic E-state index is 14.4. The Morgan fingerprint density at radius 2 is 1.38 bits per heavy atom. The number of halogens is 1. The molecule has 0 radical (unpaired) electrons. The number of benzene rings is 4. The normalized spacial score (nSPS) is 12.2. The molecule has 4 aromatic rings. The summed E-state index contributed by atoms with van der Waals surface area (Å²) in [5.41, 5.74) is 1.10. The minimum absolute atomic E-state index is 0.0502. The third kappa shape index (κ3) is 8.92. The molecule has 45 heavy (non-hydrogen) atoms. The van der Waals surface area contributed by atoms with E-state index in [1.54, 1.807) is 0 Å². The van der Waals surface area contributed by atoms with Crippen molar-refractivity contribution in [3.05, 3.63) is 126 Å². The van der Waals surface area contributed by atoms with Gasteiger partial charge >= 0.3 is 0 Å². The molecule has 0 unspecified atom stereocenters. The fraction of sp³-hybridized carbons (Fsp3) is 0.257. The summed E-state index contributed by atoms with van der Waals surface area (Å²) in [6.45, 7) is 4.97. The van der Waals surface area contributed by atoms with E-state index >= 15 is 0 Å². The molecular formula is C35H38FN3O5S. The van der Waals surface area contributed by atoms with Gasteiger partial charge in [0, 0.05) is 18.5 Å². The molecule has 0 bridgehead atoms. The van der Waals surface area contributed by atoms with Gasteiger partial charge in [0.05, 0.1) is 17.7 Å². The average Bonchev–Trinajstić information content (AvgIpc) is 3.02. The number of methoxy groups -OCH3 is 1. The first-order valence-electron chi connectivity index (χ1n) is 14.5. The van der Waals surface area contributed by atoms with Crippen LogP contribution in [0.3, 0.4) is 0 Å². The van der Waals surface area contributed by atoms with E-state index in [-0.39, 0.29) is 29.5 Å². The van der Waals surface area contributed by atoms with Gasteiger partial charge in [-0.25, -0.2) is 12.8 Å². The zero-order valence-electron chi connectivity index (χ0n) is 25.8. The molecule has 0 aliphatic carbocycles. The van der Waals surface area contributed by atoms with E-state index in [0.717, 1.165) is 27.6 Å². The van der Waals surface area contributed by atoms with Crippen LogP contribution in [-0.2, 0) is 32.6 Å². The summed E-state index contributed by atoms with van der Waals surface area (Å²) in [5, 5.41) is 3.00. The fourth-order valence-electron chi connectivity index (χ4n) is 4.80. The van der Waals surface area contributed by atoms with Crippen molar-refractivity contribution in [1.82, 2.24) is 10.2 Å². The van der Waals surface area contributed by atoms with Gasteiger partial charge in [0.25, 0.3) is 10.0 Å². The number of nitrogens with zero attached hydrogens (tertiary/aromatic N) is 2. The van der Waals surface area contributed by atoms with Gasteiger partial charge < -0.3 is 15.0 Å².